The molecule has 2 aromatic carbocycles. The fourth-order valence-corrected chi connectivity index (χ4v) is 6.30. The molecule has 0 bridgehead atoms. The SMILES string of the molecule is Cc1ccccc1-n1c(SCC(=O)Nc2ccccc2F)nc2sc3c(c2c1=O)CCCC3. The van der Waals surface area contributed by atoms with Crippen LogP contribution < -0.4 is 10.9 Å². The van der Waals surface area contributed by atoms with Gasteiger partial charge in [0.05, 0.1) is 22.5 Å². The van der Waals surface area contributed by atoms with Crippen molar-refractivity contribution >= 4 is 44.9 Å². The zero-order valence-electron chi connectivity index (χ0n) is 18.1. The molecule has 2 heterocycles. The number of thiophene rings is 1. The van der Waals surface area contributed by atoms with E-state index in [1.165, 1.54) is 28.8 Å². The van der Waals surface area contributed by atoms with Gasteiger partial charge in [-0.25, -0.2) is 9.37 Å². The maximum atomic E-state index is 13.9. The molecule has 0 saturated carbocycles. The molecule has 8 heteroatoms. The first-order chi connectivity index (χ1) is 16.0. The van der Waals surface area contributed by atoms with Gasteiger partial charge in [0, 0.05) is 4.88 Å². The first-order valence-corrected chi connectivity index (χ1v) is 12.6. The van der Waals surface area contributed by atoms with Crippen molar-refractivity contribution in [3.8, 4) is 5.69 Å². The molecule has 168 valence electrons. The topological polar surface area (TPSA) is 64.0 Å². The largest absolute Gasteiger partial charge is 0.323 e. The third-order valence-electron chi connectivity index (χ3n) is 5.79. The van der Waals surface area contributed by atoms with Crippen LogP contribution in [0.4, 0.5) is 10.1 Å². The molecular weight excluding hydrogens is 457 g/mol. The third-order valence-corrected chi connectivity index (χ3v) is 7.92. The van der Waals surface area contributed by atoms with E-state index in [-0.39, 0.29) is 22.9 Å². The van der Waals surface area contributed by atoms with Gasteiger partial charge in [-0.2, -0.15) is 0 Å². The summed E-state index contributed by atoms with van der Waals surface area (Å²) in [7, 11) is 0. The molecule has 5 rings (SSSR count). The number of nitrogens with one attached hydrogen (secondary N) is 1. The van der Waals surface area contributed by atoms with E-state index in [1.807, 2.05) is 31.2 Å². The number of fused-ring (bicyclic) bond motifs is 3. The lowest BCUT2D eigenvalue weighted by atomic mass is 9.97. The van der Waals surface area contributed by atoms with Gasteiger partial charge in [-0.15, -0.1) is 11.3 Å². The second kappa shape index (κ2) is 9.11. The molecule has 4 aromatic rings. The summed E-state index contributed by atoms with van der Waals surface area (Å²) in [6.07, 6.45) is 4.09. The van der Waals surface area contributed by atoms with Gasteiger partial charge in [0.25, 0.3) is 5.56 Å². The summed E-state index contributed by atoms with van der Waals surface area (Å²) in [4.78, 5) is 33.2. The van der Waals surface area contributed by atoms with E-state index in [2.05, 4.69) is 5.32 Å². The number of nitrogens with zero attached hydrogens (tertiary/aromatic N) is 2. The summed E-state index contributed by atoms with van der Waals surface area (Å²) in [5, 5.41) is 3.76. The molecule has 2 aromatic heterocycles. The van der Waals surface area contributed by atoms with Gasteiger partial charge in [-0.3, -0.25) is 14.2 Å². The molecule has 0 fully saturated rings. The molecule has 0 aliphatic heterocycles. The summed E-state index contributed by atoms with van der Waals surface area (Å²) in [6, 6.07) is 13.7. The first kappa shape index (κ1) is 21.9. The fraction of sp³-hybridized carbons (Fsp3) is 0.240. The van der Waals surface area contributed by atoms with Crippen LogP contribution in [-0.2, 0) is 17.6 Å². The van der Waals surface area contributed by atoms with Gasteiger partial charge in [-0.1, -0.05) is 42.1 Å². The van der Waals surface area contributed by atoms with Gasteiger partial charge in [0.2, 0.25) is 5.91 Å². The number of hydrogen-bond acceptors (Lipinski definition) is 5. The predicted octanol–water partition coefficient (Wildman–Crippen LogP) is 5.50. The summed E-state index contributed by atoms with van der Waals surface area (Å²) in [5.74, 6) is -0.846. The molecule has 1 N–H and O–H groups in total. The maximum absolute atomic E-state index is 13.9. The highest BCUT2D eigenvalue weighted by Gasteiger charge is 2.23. The zero-order chi connectivity index (χ0) is 22.9. The number of aryl methyl sites for hydroxylation is 3. The quantitative estimate of drug-likeness (QED) is 0.303. The number of halogens is 1. The van der Waals surface area contributed by atoms with Crippen LogP contribution in [0, 0.1) is 12.7 Å². The van der Waals surface area contributed by atoms with Gasteiger partial charge in [0.1, 0.15) is 10.6 Å². The molecule has 0 saturated heterocycles. The monoisotopic (exact) mass is 479 g/mol. The fourth-order valence-electron chi connectivity index (χ4n) is 4.19. The Morgan fingerprint density at radius 3 is 2.73 bits per heavy atom. The lowest BCUT2D eigenvalue weighted by Gasteiger charge is -2.15. The predicted molar refractivity (Wildman–Crippen MR) is 132 cm³/mol. The van der Waals surface area contributed by atoms with Crippen LogP contribution in [0.2, 0.25) is 0 Å². The molecule has 0 radical (unpaired) electrons. The Morgan fingerprint density at radius 2 is 1.91 bits per heavy atom. The molecule has 0 atom stereocenters. The molecule has 0 unspecified atom stereocenters. The van der Waals surface area contributed by atoms with Gasteiger partial charge < -0.3 is 5.32 Å². The van der Waals surface area contributed by atoms with Crippen molar-refractivity contribution in [3.05, 3.63) is 80.7 Å². The number of hydrogen-bond donors (Lipinski definition) is 1. The smallest absolute Gasteiger partial charge is 0.267 e. The van der Waals surface area contributed by atoms with E-state index in [0.29, 0.717) is 10.5 Å². The minimum absolute atomic E-state index is 0.00323. The molecule has 1 aliphatic carbocycles. The lowest BCUT2D eigenvalue weighted by molar-refractivity contribution is -0.113. The molecule has 1 amide bonds. The number of thioether (sulfide) groups is 1. The number of aromatic nitrogens is 2. The van der Waals surface area contributed by atoms with Crippen molar-refractivity contribution in [2.45, 2.75) is 37.8 Å². The van der Waals surface area contributed by atoms with Crippen LogP contribution in [0.1, 0.15) is 28.8 Å². The van der Waals surface area contributed by atoms with Crippen LogP contribution in [0.3, 0.4) is 0 Å². The van der Waals surface area contributed by atoms with E-state index < -0.39 is 5.82 Å². The second-order valence-electron chi connectivity index (χ2n) is 8.03. The third kappa shape index (κ3) is 4.20. The van der Waals surface area contributed by atoms with E-state index in [0.717, 1.165) is 47.3 Å². The number of carbonyl (C=O) groups excluding carboxylic acids is 1. The van der Waals surface area contributed by atoms with E-state index >= 15 is 0 Å². The van der Waals surface area contributed by atoms with Crippen LogP contribution in [0.15, 0.2) is 58.5 Å². The van der Waals surface area contributed by atoms with Crippen LogP contribution in [0.25, 0.3) is 15.9 Å². The number of para-hydroxylation sites is 2. The van der Waals surface area contributed by atoms with Gasteiger partial charge in [-0.05, 0) is 61.9 Å². The summed E-state index contributed by atoms with van der Waals surface area (Å²) < 4.78 is 15.5. The van der Waals surface area contributed by atoms with Crippen molar-refractivity contribution in [3.63, 3.8) is 0 Å². The van der Waals surface area contributed by atoms with E-state index in [9.17, 15) is 14.0 Å². The normalized spacial score (nSPS) is 13.2. The van der Waals surface area contributed by atoms with Crippen molar-refractivity contribution < 1.29 is 9.18 Å². The summed E-state index contributed by atoms with van der Waals surface area (Å²) >= 11 is 2.77. The molecule has 33 heavy (non-hydrogen) atoms. The minimum Gasteiger partial charge on any atom is -0.323 e. The van der Waals surface area contributed by atoms with Crippen molar-refractivity contribution in [1.29, 1.82) is 0 Å². The number of carbonyl (C=O) groups is 1. The van der Waals surface area contributed by atoms with E-state index in [1.54, 1.807) is 28.0 Å². The summed E-state index contributed by atoms with van der Waals surface area (Å²) in [6.45, 7) is 1.95. The Balaban J connectivity index is 1.55. The standard InChI is InChI=1S/C25H22FN3O2S2/c1-15-8-2-6-12-19(15)29-24(31)22-16-9-3-7-13-20(16)33-23(22)28-25(29)32-14-21(30)27-18-11-5-4-10-17(18)26/h2,4-6,8,10-12H,3,7,9,13-14H2,1H3,(H,27,30). The Hall–Kier alpha value is -2.97. The highest BCUT2D eigenvalue weighted by molar-refractivity contribution is 7.99. The molecule has 1 aliphatic rings. The average Bonchev–Trinajstić information content (AvgIpc) is 3.19. The van der Waals surface area contributed by atoms with Crippen molar-refractivity contribution in [2.24, 2.45) is 0 Å². The average molecular weight is 480 g/mol. The van der Waals surface area contributed by atoms with Crippen LogP contribution in [-0.4, -0.2) is 21.2 Å². The Labute approximate surface area is 198 Å². The number of benzene rings is 2. The summed E-state index contributed by atoms with van der Waals surface area (Å²) in [5.41, 5.74) is 2.88. The van der Waals surface area contributed by atoms with Crippen LogP contribution in [0.5, 0.6) is 0 Å². The number of anilines is 1. The van der Waals surface area contributed by atoms with E-state index in [4.69, 9.17) is 4.98 Å². The van der Waals surface area contributed by atoms with Gasteiger partial charge >= 0.3 is 0 Å². The van der Waals surface area contributed by atoms with Crippen molar-refractivity contribution in [2.75, 3.05) is 11.1 Å². The first-order valence-electron chi connectivity index (χ1n) is 10.8. The Bertz CT molecular complexity index is 1430. The number of amides is 1. The molecular formula is C25H22FN3O2S2. The zero-order valence-corrected chi connectivity index (χ0v) is 19.7. The highest BCUT2D eigenvalue weighted by atomic mass is 32.2. The molecule has 5 nitrogen and oxygen atoms in total. The molecule has 0 spiro atoms. The minimum atomic E-state index is -0.489. The second-order valence-corrected chi connectivity index (χ2v) is 10.1. The highest BCUT2D eigenvalue weighted by Crippen LogP contribution is 2.35. The Morgan fingerprint density at radius 1 is 1.15 bits per heavy atom. The van der Waals surface area contributed by atoms with Crippen molar-refractivity contribution in [1.82, 2.24) is 9.55 Å². The van der Waals surface area contributed by atoms with Gasteiger partial charge in [0.15, 0.2) is 5.16 Å². The number of rotatable bonds is 5. The maximum Gasteiger partial charge on any atom is 0.267 e. The Kier molecular flexibility index (Phi) is 6.03. The lowest BCUT2D eigenvalue weighted by Crippen LogP contribution is -2.24. The van der Waals surface area contributed by atoms with Crippen LogP contribution >= 0.6 is 23.1 Å².